The van der Waals surface area contributed by atoms with Gasteiger partial charge in [-0.1, -0.05) is 42.5 Å². The monoisotopic (exact) mass is 376 g/mol. The molecule has 1 aromatic heterocycles. The minimum atomic E-state index is -0.121. The highest BCUT2D eigenvalue weighted by molar-refractivity contribution is 5.93. The van der Waals surface area contributed by atoms with Crippen molar-refractivity contribution in [3.8, 4) is 11.3 Å². The number of rotatable bonds is 7. The fourth-order valence-corrected chi connectivity index (χ4v) is 2.96. The first kappa shape index (κ1) is 19.4. The van der Waals surface area contributed by atoms with Gasteiger partial charge in [-0.3, -0.25) is 9.59 Å². The Morgan fingerprint density at radius 2 is 1.68 bits per heavy atom. The largest absolute Gasteiger partial charge is 0.461 e. The van der Waals surface area contributed by atoms with Crippen LogP contribution in [0, 0.1) is 0 Å². The van der Waals surface area contributed by atoms with Crippen LogP contribution in [0.1, 0.15) is 28.1 Å². The fourth-order valence-electron chi connectivity index (χ4n) is 2.96. The first-order valence-electron chi connectivity index (χ1n) is 9.26. The summed E-state index contributed by atoms with van der Waals surface area (Å²) in [7, 11) is 3.39. The van der Waals surface area contributed by atoms with Crippen LogP contribution in [0.4, 0.5) is 0 Å². The van der Waals surface area contributed by atoms with Crippen LogP contribution in [-0.4, -0.2) is 30.8 Å². The number of nitrogens with zero attached hydrogens (tertiary/aromatic N) is 1. The smallest absolute Gasteiger partial charge is 0.251 e. The van der Waals surface area contributed by atoms with Gasteiger partial charge in [-0.2, -0.15) is 0 Å². The van der Waals surface area contributed by atoms with Gasteiger partial charge in [-0.15, -0.1) is 0 Å². The Morgan fingerprint density at radius 3 is 2.36 bits per heavy atom. The lowest BCUT2D eigenvalue weighted by Crippen LogP contribution is -2.26. The maximum absolute atomic E-state index is 12.4. The summed E-state index contributed by atoms with van der Waals surface area (Å²) in [5.74, 6) is 1.54. The lowest BCUT2D eigenvalue weighted by Gasteiger charge is -2.17. The molecule has 0 unspecified atom stereocenters. The van der Waals surface area contributed by atoms with Gasteiger partial charge in [0.05, 0.1) is 0 Å². The molecule has 0 saturated carbocycles. The molecule has 3 rings (SSSR count). The van der Waals surface area contributed by atoms with Crippen molar-refractivity contribution in [2.45, 2.75) is 19.4 Å². The average molecular weight is 376 g/mol. The van der Waals surface area contributed by atoms with Gasteiger partial charge >= 0.3 is 0 Å². The summed E-state index contributed by atoms with van der Waals surface area (Å²) in [6.45, 7) is 0.500. The number of furan rings is 1. The summed E-state index contributed by atoms with van der Waals surface area (Å²) in [5, 5.41) is 2.59. The van der Waals surface area contributed by atoms with E-state index in [2.05, 4.69) is 5.32 Å². The summed E-state index contributed by atoms with van der Waals surface area (Å²) in [6, 6.07) is 21.0. The number of carbonyl (C=O) groups excluding carboxylic acids is 2. The number of aryl methyl sites for hydroxylation is 1. The van der Waals surface area contributed by atoms with Crippen molar-refractivity contribution in [1.29, 1.82) is 0 Å². The van der Waals surface area contributed by atoms with Gasteiger partial charge in [0, 0.05) is 44.6 Å². The molecule has 144 valence electrons. The molecule has 5 heteroatoms. The number of hydrogen-bond acceptors (Lipinski definition) is 3. The Hall–Kier alpha value is -3.34. The molecule has 1 N–H and O–H groups in total. The van der Waals surface area contributed by atoms with Crippen molar-refractivity contribution in [2.24, 2.45) is 0 Å². The first-order valence-corrected chi connectivity index (χ1v) is 9.26. The number of nitrogens with one attached hydrogen (secondary N) is 1. The van der Waals surface area contributed by atoms with Crippen LogP contribution in [0.15, 0.2) is 71.1 Å². The van der Waals surface area contributed by atoms with Gasteiger partial charge in [0.2, 0.25) is 5.91 Å². The van der Waals surface area contributed by atoms with Crippen molar-refractivity contribution in [1.82, 2.24) is 10.2 Å². The third kappa shape index (κ3) is 4.88. The average Bonchev–Trinajstić information content (AvgIpc) is 3.21. The molecule has 3 aromatic rings. The second-order valence-electron chi connectivity index (χ2n) is 6.66. The summed E-state index contributed by atoms with van der Waals surface area (Å²) in [5.41, 5.74) is 2.61. The van der Waals surface area contributed by atoms with Gasteiger partial charge in [0.25, 0.3) is 5.91 Å². The zero-order chi connectivity index (χ0) is 19.9. The third-order valence-electron chi connectivity index (χ3n) is 4.59. The molecule has 0 radical (unpaired) electrons. The minimum Gasteiger partial charge on any atom is -0.461 e. The summed E-state index contributed by atoms with van der Waals surface area (Å²) in [6.07, 6.45) is 0.945. The molecule has 1 heterocycles. The van der Waals surface area contributed by atoms with E-state index >= 15 is 0 Å². The molecule has 2 amide bonds. The quantitative estimate of drug-likeness (QED) is 0.680. The van der Waals surface area contributed by atoms with Crippen molar-refractivity contribution >= 4 is 11.8 Å². The van der Waals surface area contributed by atoms with Gasteiger partial charge in [-0.25, -0.2) is 0 Å². The molecule has 0 spiro atoms. The van der Waals surface area contributed by atoms with E-state index < -0.39 is 0 Å². The highest BCUT2D eigenvalue weighted by Crippen LogP contribution is 2.22. The predicted octanol–water partition coefficient (Wildman–Crippen LogP) is 3.90. The summed E-state index contributed by atoms with van der Waals surface area (Å²) < 4.78 is 5.86. The minimum absolute atomic E-state index is 0.0491. The molecule has 0 aliphatic heterocycles. The summed E-state index contributed by atoms with van der Waals surface area (Å²) >= 11 is 0. The van der Waals surface area contributed by atoms with Crippen molar-refractivity contribution < 1.29 is 14.0 Å². The van der Waals surface area contributed by atoms with Gasteiger partial charge in [-0.05, 0) is 29.8 Å². The van der Waals surface area contributed by atoms with Gasteiger partial charge < -0.3 is 14.6 Å². The van der Waals surface area contributed by atoms with Crippen molar-refractivity contribution in [2.75, 3.05) is 14.1 Å². The van der Waals surface area contributed by atoms with E-state index in [1.807, 2.05) is 54.6 Å². The first-order chi connectivity index (χ1) is 13.6. The Balaban J connectivity index is 1.52. The van der Waals surface area contributed by atoms with Crippen LogP contribution in [0.3, 0.4) is 0 Å². The Kier molecular flexibility index (Phi) is 6.27. The lowest BCUT2D eigenvalue weighted by molar-refractivity contribution is -0.130. The summed E-state index contributed by atoms with van der Waals surface area (Å²) in [4.78, 5) is 25.7. The molecule has 0 bridgehead atoms. The van der Waals surface area contributed by atoms with Crippen molar-refractivity contribution in [3.63, 3.8) is 0 Å². The van der Waals surface area contributed by atoms with Crippen molar-refractivity contribution in [3.05, 3.63) is 83.6 Å². The Morgan fingerprint density at radius 1 is 0.964 bits per heavy atom. The van der Waals surface area contributed by atoms with E-state index in [0.29, 0.717) is 24.9 Å². The van der Waals surface area contributed by atoms with E-state index in [-0.39, 0.29) is 11.8 Å². The molecule has 0 atom stereocenters. The maximum atomic E-state index is 12.4. The number of carbonyl (C=O) groups is 2. The zero-order valence-electron chi connectivity index (χ0n) is 16.1. The molecule has 0 saturated heterocycles. The van der Waals surface area contributed by atoms with Crippen LogP contribution >= 0.6 is 0 Å². The highest BCUT2D eigenvalue weighted by Gasteiger charge is 2.12. The second-order valence-corrected chi connectivity index (χ2v) is 6.66. The Labute approximate surface area is 165 Å². The van der Waals surface area contributed by atoms with Gasteiger partial charge in [0.15, 0.2) is 0 Å². The topological polar surface area (TPSA) is 62.6 Å². The number of hydrogen-bond donors (Lipinski definition) is 1. The molecule has 0 fully saturated rings. The van der Waals surface area contributed by atoms with Crippen LogP contribution < -0.4 is 5.32 Å². The molecule has 0 aliphatic carbocycles. The van der Waals surface area contributed by atoms with E-state index in [1.165, 1.54) is 0 Å². The normalized spacial score (nSPS) is 10.5. The molecule has 28 heavy (non-hydrogen) atoms. The van der Waals surface area contributed by atoms with E-state index in [4.69, 9.17) is 4.42 Å². The van der Waals surface area contributed by atoms with Crippen LogP contribution in [0.5, 0.6) is 0 Å². The second kappa shape index (κ2) is 9.04. The molecule has 0 aliphatic rings. The fraction of sp³-hybridized carbons (Fsp3) is 0.217. The van der Waals surface area contributed by atoms with Gasteiger partial charge in [0.1, 0.15) is 11.5 Å². The third-order valence-corrected chi connectivity index (χ3v) is 4.59. The van der Waals surface area contributed by atoms with E-state index in [0.717, 1.165) is 22.6 Å². The standard InChI is InChI=1S/C23H24N2O3/c1-24-23(27)19-10-8-17(9-11-19)16-25(2)22(26)15-13-20-12-14-21(28-20)18-6-4-3-5-7-18/h3-12,14H,13,15-16H2,1-2H3,(H,24,27). The van der Waals surface area contributed by atoms with E-state index in [9.17, 15) is 9.59 Å². The Bertz CT molecular complexity index is 930. The molecule has 2 aromatic carbocycles. The lowest BCUT2D eigenvalue weighted by atomic mass is 10.1. The molecule has 5 nitrogen and oxygen atoms in total. The van der Waals surface area contributed by atoms with E-state index in [1.54, 1.807) is 31.1 Å². The highest BCUT2D eigenvalue weighted by atomic mass is 16.3. The molecular weight excluding hydrogens is 352 g/mol. The number of benzene rings is 2. The zero-order valence-corrected chi connectivity index (χ0v) is 16.1. The predicted molar refractivity (Wildman–Crippen MR) is 109 cm³/mol. The van der Waals surface area contributed by atoms with Crippen LogP contribution in [0.25, 0.3) is 11.3 Å². The molecular formula is C23H24N2O3. The SMILES string of the molecule is CNC(=O)c1ccc(CN(C)C(=O)CCc2ccc(-c3ccccc3)o2)cc1. The maximum Gasteiger partial charge on any atom is 0.251 e. The number of amides is 2. The van der Waals surface area contributed by atoms with Crippen LogP contribution in [0.2, 0.25) is 0 Å². The van der Waals surface area contributed by atoms with Crippen LogP contribution in [-0.2, 0) is 17.8 Å².